The van der Waals surface area contributed by atoms with Crippen molar-refractivity contribution in [3.05, 3.63) is 59.7 Å². The fourth-order valence-corrected chi connectivity index (χ4v) is 3.35. The Balaban J connectivity index is 1.98. The average Bonchev–Trinajstić information content (AvgIpc) is 2.56. The van der Waals surface area contributed by atoms with Crippen molar-refractivity contribution >= 4 is 10.0 Å². The Labute approximate surface area is 138 Å². The molecule has 0 aliphatic carbocycles. The lowest BCUT2D eigenvalue weighted by atomic mass is 10.2. The van der Waals surface area contributed by atoms with E-state index in [2.05, 4.69) is 0 Å². The highest BCUT2D eigenvalue weighted by atomic mass is 32.2. The summed E-state index contributed by atoms with van der Waals surface area (Å²) in [5, 5.41) is 0. The molecule has 0 radical (unpaired) electrons. The minimum Gasteiger partial charge on any atom is -0.492 e. The summed E-state index contributed by atoms with van der Waals surface area (Å²) in [6, 6.07) is 14.7. The summed E-state index contributed by atoms with van der Waals surface area (Å²) in [4.78, 5) is 0.313. The molecule has 124 valence electrons. The number of ether oxygens (including phenoxy) is 1. The lowest BCUT2D eigenvalue weighted by Crippen LogP contribution is -2.31. The monoisotopic (exact) mass is 333 g/mol. The molecule has 2 rings (SSSR count). The van der Waals surface area contributed by atoms with E-state index in [1.165, 1.54) is 4.31 Å². The second-order valence-corrected chi connectivity index (χ2v) is 7.48. The van der Waals surface area contributed by atoms with E-state index in [1.807, 2.05) is 50.2 Å². The fraction of sp³-hybridized carbons (Fsp3) is 0.333. The zero-order valence-electron chi connectivity index (χ0n) is 13.8. The predicted octanol–water partition coefficient (Wildman–Crippen LogP) is 3.26. The van der Waals surface area contributed by atoms with Crippen molar-refractivity contribution in [3.63, 3.8) is 0 Å². The van der Waals surface area contributed by atoms with Gasteiger partial charge >= 0.3 is 0 Å². The van der Waals surface area contributed by atoms with Gasteiger partial charge in [-0.1, -0.05) is 37.3 Å². The van der Waals surface area contributed by atoms with Gasteiger partial charge in [-0.25, -0.2) is 8.42 Å². The first-order valence-electron chi connectivity index (χ1n) is 7.69. The van der Waals surface area contributed by atoms with Crippen LogP contribution in [0.4, 0.5) is 0 Å². The predicted molar refractivity (Wildman–Crippen MR) is 92.3 cm³/mol. The van der Waals surface area contributed by atoms with Gasteiger partial charge in [-0.3, -0.25) is 0 Å². The van der Waals surface area contributed by atoms with Crippen LogP contribution in [0.3, 0.4) is 0 Å². The molecule has 0 aliphatic heterocycles. The van der Waals surface area contributed by atoms with Gasteiger partial charge in [0.2, 0.25) is 10.0 Å². The number of hydrogen-bond donors (Lipinski definition) is 0. The molecule has 0 unspecified atom stereocenters. The summed E-state index contributed by atoms with van der Waals surface area (Å²) < 4.78 is 32.0. The topological polar surface area (TPSA) is 46.6 Å². The summed E-state index contributed by atoms with van der Waals surface area (Å²) >= 11 is 0. The molecular weight excluding hydrogens is 310 g/mol. The highest BCUT2D eigenvalue weighted by molar-refractivity contribution is 7.89. The first kappa shape index (κ1) is 17.5. The molecule has 0 fully saturated rings. The van der Waals surface area contributed by atoms with Gasteiger partial charge in [-0.15, -0.1) is 0 Å². The van der Waals surface area contributed by atoms with Crippen molar-refractivity contribution in [1.29, 1.82) is 0 Å². The molecule has 0 aliphatic rings. The Kier molecular flexibility index (Phi) is 5.80. The van der Waals surface area contributed by atoms with Crippen LogP contribution in [0.15, 0.2) is 53.4 Å². The van der Waals surface area contributed by atoms with Gasteiger partial charge in [0.1, 0.15) is 12.4 Å². The minimum atomic E-state index is -3.48. The number of para-hydroxylation sites is 1. The normalized spacial score (nSPS) is 11.7. The molecule has 0 N–H and O–H groups in total. The molecule has 2 aromatic rings. The van der Waals surface area contributed by atoms with Gasteiger partial charge in [0.25, 0.3) is 0 Å². The van der Waals surface area contributed by atoms with E-state index < -0.39 is 10.0 Å². The summed E-state index contributed by atoms with van der Waals surface area (Å²) in [7, 11) is -1.90. The van der Waals surface area contributed by atoms with E-state index in [0.717, 1.165) is 23.3 Å². The van der Waals surface area contributed by atoms with Crippen LogP contribution in [-0.4, -0.2) is 32.9 Å². The maximum absolute atomic E-state index is 12.5. The molecule has 0 spiro atoms. The molecule has 4 nitrogen and oxygen atoms in total. The molecule has 5 heteroatoms. The van der Waals surface area contributed by atoms with Gasteiger partial charge in [0.05, 0.1) is 4.90 Å². The SMILES string of the molecule is CCc1ccc(S(=O)(=O)N(C)CCOc2ccccc2C)cc1. The number of nitrogens with zero attached hydrogens (tertiary/aromatic N) is 1. The van der Waals surface area contributed by atoms with Crippen molar-refractivity contribution in [3.8, 4) is 5.75 Å². The second-order valence-electron chi connectivity index (χ2n) is 5.44. The molecule has 23 heavy (non-hydrogen) atoms. The zero-order chi connectivity index (χ0) is 16.9. The minimum absolute atomic E-state index is 0.298. The Morgan fingerprint density at radius 3 is 2.30 bits per heavy atom. The summed E-state index contributed by atoms with van der Waals surface area (Å²) in [5.41, 5.74) is 2.16. The largest absolute Gasteiger partial charge is 0.492 e. The van der Waals surface area contributed by atoms with Gasteiger partial charge in [-0.05, 0) is 42.7 Å². The quantitative estimate of drug-likeness (QED) is 0.781. The van der Waals surface area contributed by atoms with Crippen LogP contribution in [-0.2, 0) is 16.4 Å². The number of sulfonamides is 1. The first-order chi connectivity index (χ1) is 10.9. The van der Waals surface area contributed by atoms with E-state index in [-0.39, 0.29) is 0 Å². The second kappa shape index (κ2) is 7.62. The molecule has 0 saturated carbocycles. The molecule has 0 heterocycles. The van der Waals surface area contributed by atoms with E-state index in [4.69, 9.17) is 4.74 Å². The highest BCUT2D eigenvalue weighted by Gasteiger charge is 2.20. The van der Waals surface area contributed by atoms with Crippen LogP contribution in [0.1, 0.15) is 18.1 Å². The van der Waals surface area contributed by atoms with E-state index in [0.29, 0.717) is 18.0 Å². The Hall–Kier alpha value is -1.85. The lowest BCUT2D eigenvalue weighted by Gasteiger charge is -2.18. The van der Waals surface area contributed by atoms with Crippen molar-refractivity contribution in [2.45, 2.75) is 25.2 Å². The smallest absolute Gasteiger partial charge is 0.242 e. The summed E-state index contributed by atoms with van der Waals surface area (Å²) in [6.45, 7) is 4.61. The van der Waals surface area contributed by atoms with Gasteiger partial charge in [0, 0.05) is 13.6 Å². The van der Waals surface area contributed by atoms with Crippen molar-refractivity contribution in [2.75, 3.05) is 20.2 Å². The van der Waals surface area contributed by atoms with Gasteiger partial charge < -0.3 is 4.74 Å². The molecule has 0 aromatic heterocycles. The Morgan fingerprint density at radius 1 is 1.04 bits per heavy atom. The summed E-state index contributed by atoms with van der Waals surface area (Å²) in [5.74, 6) is 0.783. The third kappa shape index (κ3) is 4.33. The van der Waals surface area contributed by atoms with Crippen molar-refractivity contribution in [1.82, 2.24) is 4.31 Å². The Morgan fingerprint density at radius 2 is 1.70 bits per heavy atom. The molecule has 0 atom stereocenters. The molecular formula is C18H23NO3S. The standard InChI is InChI=1S/C18H23NO3S/c1-4-16-9-11-17(12-10-16)23(20,21)19(3)13-14-22-18-8-6-5-7-15(18)2/h5-12H,4,13-14H2,1-3H3. The van der Waals surface area contributed by atoms with Crippen LogP contribution in [0.5, 0.6) is 5.75 Å². The number of aryl methyl sites for hydroxylation is 2. The number of likely N-dealkylation sites (N-methyl/N-ethyl adjacent to an activating group) is 1. The first-order valence-corrected chi connectivity index (χ1v) is 9.13. The molecule has 0 amide bonds. The van der Waals surface area contributed by atoms with Crippen LogP contribution >= 0.6 is 0 Å². The zero-order valence-corrected chi connectivity index (χ0v) is 14.6. The third-order valence-electron chi connectivity index (χ3n) is 3.80. The van der Waals surface area contributed by atoms with Crippen LogP contribution in [0.2, 0.25) is 0 Å². The van der Waals surface area contributed by atoms with Crippen LogP contribution in [0.25, 0.3) is 0 Å². The maximum atomic E-state index is 12.5. The molecule has 2 aromatic carbocycles. The van der Waals surface area contributed by atoms with Crippen LogP contribution < -0.4 is 4.74 Å². The van der Waals surface area contributed by atoms with Crippen molar-refractivity contribution < 1.29 is 13.2 Å². The Bertz CT molecular complexity index is 739. The van der Waals surface area contributed by atoms with Crippen LogP contribution in [0, 0.1) is 6.92 Å². The van der Waals surface area contributed by atoms with Gasteiger partial charge in [-0.2, -0.15) is 4.31 Å². The highest BCUT2D eigenvalue weighted by Crippen LogP contribution is 2.18. The molecule has 0 saturated heterocycles. The van der Waals surface area contributed by atoms with E-state index in [1.54, 1.807) is 19.2 Å². The number of benzene rings is 2. The average molecular weight is 333 g/mol. The number of rotatable bonds is 7. The van der Waals surface area contributed by atoms with E-state index in [9.17, 15) is 8.42 Å². The molecule has 0 bridgehead atoms. The third-order valence-corrected chi connectivity index (χ3v) is 5.67. The lowest BCUT2D eigenvalue weighted by molar-refractivity contribution is 0.285. The summed E-state index contributed by atoms with van der Waals surface area (Å²) in [6.07, 6.45) is 0.889. The van der Waals surface area contributed by atoms with E-state index >= 15 is 0 Å². The van der Waals surface area contributed by atoms with Crippen molar-refractivity contribution in [2.24, 2.45) is 0 Å². The maximum Gasteiger partial charge on any atom is 0.242 e. The fourth-order valence-electron chi connectivity index (χ4n) is 2.20. The van der Waals surface area contributed by atoms with Gasteiger partial charge in [0.15, 0.2) is 0 Å². The number of hydrogen-bond acceptors (Lipinski definition) is 3.